The van der Waals surface area contributed by atoms with Gasteiger partial charge in [0.1, 0.15) is 23.2 Å². The highest BCUT2D eigenvalue weighted by Gasteiger charge is 2.16. The summed E-state index contributed by atoms with van der Waals surface area (Å²) >= 11 is 0. The van der Waals surface area contributed by atoms with Gasteiger partial charge in [0.15, 0.2) is 0 Å². The van der Waals surface area contributed by atoms with Crippen LogP contribution in [0, 0.1) is 17.1 Å². The molecule has 0 saturated carbocycles. The van der Waals surface area contributed by atoms with Gasteiger partial charge in [-0.2, -0.15) is 5.26 Å². The molecule has 0 bridgehead atoms. The van der Waals surface area contributed by atoms with E-state index >= 15 is 0 Å². The lowest BCUT2D eigenvalue weighted by Crippen LogP contribution is -1.98. The fourth-order valence-electron chi connectivity index (χ4n) is 2.17. The van der Waals surface area contributed by atoms with Crippen molar-refractivity contribution >= 4 is 16.5 Å². The van der Waals surface area contributed by atoms with Crippen molar-refractivity contribution in [2.75, 3.05) is 12.8 Å². The van der Waals surface area contributed by atoms with Crippen LogP contribution in [0.1, 0.15) is 18.1 Å². The van der Waals surface area contributed by atoms with E-state index < -0.39 is 5.82 Å². The molecule has 2 aromatic rings. The van der Waals surface area contributed by atoms with Crippen molar-refractivity contribution in [3.8, 4) is 11.8 Å². The summed E-state index contributed by atoms with van der Waals surface area (Å²) in [6, 6.07) is 6.67. The number of ether oxygens (including phenoxy) is 1. The van der Waals surface area contributed by atoms with Crippen molar-refractivity contribution < 1.29 is 9.13 Å². The largest absolute Gasteiger partial charge is 0.495 e. The summed E-state index contributed by atoms with van der Waals surface area (Å²) in [6.07, 6.45) is 0.731. The van der Waals surface area contributed by atoms with E-state index in [-0.39, 0.29) is 11.3 Å². The third kappa shape index (κ3) is 1.74. The molecule has 0 spiro atoms. The number of halogens is 1. The third-order valence-electron chi connectivity index (χ3n) is 2.94. The van der Waals surface area contributed by atoms with Crippen molar-refractivity contribution in [3.63, 3.8) is 0 Å². The fraction of sp³-hybridized carbons (Fsp3) is 0.214. The van der Waals surface area contributed by atoms with Gasteiger partial charge in [-0.05, 0) is 35.6 Å². The molecule has 3 nitrogen and oxygen atoms in total. The number of benzene rings is 2. The third-order valence-corrected chi connectivity index (χ3v) is 2.94. The zero-order valence-corrected chi connectivity index (χ0v) is 10.2. The Balaban J connectivity index is 2.99. The predicted molar refractivity (Wildman–Crippen MR) is 69.0 cm³/mol. The van der Waals surface area contributed by atoms with Gasteiger partial charge < -0.3 is 10.5 Å². The number of nitrogens with zero attached hydrogens (tertiary/aromatic N) is 1. The average molecular weight is 244 g/mol. The van der Waals surface area contributed by atoms with Crippen molar-refractivity contribution in [2.24, 2.45) is 0 Å². The number of nitrogens with two attached hydrogens (primary N) is 1. The minimum Gasteiger partial charge on any atom is -0.495 e. The Morgan fingerprint density at radius 2 is 2.11 bits per heavy atom. The lowest BCUT2D eigenvalue weighted by Gasteiger charge is -2.13. The molecule has 0 unspecified atom stereocenters. The van der Waals surface area contributed by atoms with Crippen LogP contribution in [0.4, 0.5) is 10.1 Å². The molecule has 18 heavy (non-hydrogen) atoms. The highest BCUT2D eigenvalue weighted by molar-refractivity contribution is 5.95. The zero-order chi connectivity index (χ0) is 13.3. The standard InChI is InChI=1S/C14H13FN2O/c1-3-8-4-10(17)5-9-6-12(15)11(7-16)14(18-2)13(8)9/h4-6H,3,17H2,1-2H3. The molecule has 0 aliphatic carbocycles. The Bertz CT molecular complexity index is 659. The smallest absolute Gasteiger partial charge is 0.147 e. The Morgan fingerprint density at radius 1 is 1.39 bits per heavy atom. The average Bonchev–Trinajstić information content (AvgIpc) is 2.35. The molecule has 0 fully saturated rings. The molecule has 0 aliphatic heterocycles. The molecule has 2 rings (SSSR count). The summed E-state index contributed by atoms with van der Waals surface area (Å²) in [5.41, 5.74) is 7.24. The first-order chi connectivity index (χ1) is 8.62. The molecular formula is C14H13FN2O. The second-order valence-corrected chi connectivity index (χ2v) is 4.01. The Morgan fingerprint density at radius 3 is 2.67 bits per heavy atom. The van der Waals surface area contributed by atoms with Gasteiger partial charge in [0.2, 0.25) is 0 Å². The van der Waals surface area contributed by atoms with E-state index in [1.165, 1.54) is 13.2 Å². The molecule has 0 radical (unpaired) electrons. The number of hydrogen-bond acceptors (Lipinski definition) is 3. The molecule has 2 aromatic carbocycles. The van der Waals surface area contributed by atoms with Gasteiger partial charge in [-0.3, -0.25) is 0 Å². The maximum Gasteiger partial charge on any atom is 0.147 e. The predicted octanol–water partition coefficient (Wildman–Crippen LogP) is 3.00. The van der Waals surface area contributed by atoms with E-state index in [0.29, 0.717) is 11.1 Å². The lowest BCUT2D eigenvalue weighted by molar-refractivity contribution is 0.414. The summed E-state index contributed by atoms with van der Waals surface area (Å²) in [5, 5.41) is 10.4. The monoisotopic (exact) mass is 244 g/mol. The maximum atomic E-state index is 13.8. The van der Waals surface area contributed by atoms with Crippen LogP contribution in [-0.2, 0) is 6.42 Å². The van der Waals surface area contributed by atoms with Crippen LogP contribution in [0.15, 0.2) is 18.2 Å². The van der Waals surface area contributed by atoms with E-state index in [2.05, 4.69) is 0 Å². The normalized spacial score (nSPS) is 10.3. The van der Waals surface area contributed by atoms with Crippen molar-refractivity contribution in [2.45, 2.75) is 13.3 Å². The number of anilines is 1. The second kappa shape index (κ2) is 4.53. The summed E-state index contributed by atoms with van der Waals surface area (Å²) in [6.45, 7) is 1.98. The second-order valence-electron chi connectivity index (χ2n) is 4.01. The van der Waals surface area contributed by atoms with E-state index in [9.17, 15) is 4.39 Å². The summed E-state index contributed by atoms with van der Waals surface area (Å²) < 4.78 is 19.0. The van der Waals surface area contributed by atoms with Gasteiger partial charge in [0, 0.05) is 11.1 Å². The summed E-state index contributed by atoms with van der Waals surface area (Å²) in [5.74, 6) is -0.307. The SMILES string of the molecule is CCc1cc(N)cc2cc(F)c(C#N)c(OC)c12. The van der Waals surface area contributed by atoms with Crippen molar-refractivity contribution in [3.05, 3.63) is 35.1 Å². The molecule has 0 aliphatic rings. The molecule has 0 saturated heterocycles. The number of rotatable bonds is 2. The summed E-state index contributed by atoms with van der Waals surface area (Å²) in [7, 11) is 1.44. The zero-order valence-electron chi connectivity index (χ0n) is 10.2. The number of hydrogen-bond donors (Lipinski definition) is 1. The minimum absolute atomic E-state index is 0.0653. The summed E-state index contributed by atoms with van der Waals surface area (Å²) in [4.78, 5) is 0. The Hall–Kier alpha value is -2.28. The molecule has 0 aromatic heterocycles. The maximum absolute atomic E-state index is 13.8. The molecule has 0 amide bonds. The van der Waals surface area contributed by atoms with Crippen LogP contribution in [-0.4, -0.2) is 7.11 Å². The molecule has 0 heterocycles. The van der Waals surface area contributed by atoms with Crippen LogP contribution in [0.5, 0.6) is 5.75 Å². The highest BCUT2D eigenvalue weighted by atomic mass is 19.1. The van der Waals surface area contributed by atoms with Gasteiger partial charge in [-0.1, -0.05) is 6.92 Å². The van der Waals surface area contributed by atoms with Crippen LogP contribution < -0.4 is 10.5 Å². The van der Waals surface area contributed by atoms with Gasteiger partial charge in [-0.15, -0.1) is 0 Å². The van der Waals surface area contributed by atoms with Gasteiger partial charge in [-0.25, -0.2) is 4.39 Å². The molecule has 92 valence electrons. The van der Waals surface area contributed by atoms with Crippen molar-refractivity contribution in [1.29, 1.82) is 5.26 Å². The number of nitrogen functional groups attached to an aromatic ring is 1. The van der Waals surface area contributed by atoms with Gasteiger partial charge >= 0.3 is 0 Å². The van der Waals surface area contributed by atoms with Crippen LogP contribution in [0.25, 0.3) is 10.8 Å². The van der Waals surface area contributed by atoms with Gasteiger partial charge in [0.05, 0.1) is 7.11 Å². The first-order valence-corrected chi connectivity index (χ1v) is 5.61. The number of aryl methyl sites for hydroxylation is 1. The minimum atomic E-state index is -0.588. The van der Waals surface area contributed by atoms with Crippen LogP contribution >= 0.6 is 0 Å². The van der Waals surface area contributed by atoms with Crippen LogP contribution in [0.2, 0.25) is 0 Å². The Labute approximate surface area is 105 Å². The lowest BCUT2D eigenvalue weighted by atomic mass is 9.98. The van der Waals surface area contributed by atoms with Crippen molar-refractivity contribution in [1.82, 2.24) is 0 Å². The molecular weight excluding hydrogens is 231 g/mol. The fourth-order valence-corrected chi connectivity index (χ4v) is 2.17. The first kappa shape index (κ1) is 12.2. The highest BCUT2D eigenvalue weighted by Crippen LogP contribution is 2.35. The quantitative estimate of drug-likeness (QED) is 0.826. The first-order valence-electron chi connectivity index (χ1n) is 5.61. The molecule has 4 heteroatoms. The molecule has 2 N–H and O–H groups in total. The topological polar surface area (TPSA) is 59.0 Å². The Kier molecular flexibility index (Phi) is 3.07. The molecule has 0 atom stereocenters. The number of nitriles is 1. The number of methoxy groups -OCH3 is 1. The van der Waals surface area contributed by atoms with E-state index in [4.69, 9.17) is 15.7 Å². The van der Waals surface area contributed by atoms with Crippen LogP contribution in [0.3, 0.4) is 0 Å². The van der Waals surface area contributed by atoms with E-state index in [0.717, 1.165) is 17.4 Å². The van der Waals surface area contributed by atoms with E-state index in [1.807, 2.05) is 19.1 Å². The number of fused-ring (bicyclic) bond motifs is 1. The van der Waals surface area contributed by atoms with Gasteiger partial charge in [0.25, 0.3) is 0 Å². The van der Waals surface area contributed by atoms with E-state index in [1.54, 1.807) is 6.07 Å².